The van der Waals surface area contributed by atoms with E-state index in [2.05, 4.69) is 15.6 Å². The lowest BCUT2D eigenvalue weighted by Gasteiger charge is -2.28. The number of hydrogen-bond donors (Lipinski definition) is 3. The third-order valence-corrected chi connectivity index (χ3v) is 6.89. The van der Waals surface area contributed by atoms with Crippen molar-refractivity contribution in [2.75, 3.05) is 19.0 Å². The Labute approximate surface area is 203 Å². The Morgan fingerprint density at radius 1 is 1.14 bits per heavy atom. The predicted molar refractivity (Wildman–Crippen MR) is 123 cm³/mol. The largest absolute Gasteiger partial charge is 0.481 e. The van der Waals surface area contributed by atoms with E-state index in [0.29, 0.717) is 22.9 Å². The molecule has 0 saturated heterocycles. The van der Waals surface area contributed by atoms with Gasteiger partial charge in [0.05, 0.1) is 7.11 Å². The zero-order chi connectivity index (χ0) is 25.6. The van der Waals surface area contributed by atoms with Crippen LogP contribution in [0.3, 0.4) is 0 Å². The van der Waals surface area contributed by atoms with Gasteiger partial charge in [-0.1, -0.05) is 23.5 Å². The fourth-order valence-electron chi connectivity index (χ4n) is 4.11. The van der Waals surface area contributed by atoms with E-state index in [1.54, 1.807) is 12.1 Å². The number of carbonyl (C=O) groups excluding carboxylic acids is 2. The number of hydrogen-bond acceptors (Lipinski definition) is 6. The normalized spacial score (nSPS) is 18.1. The van der Waals surface area contributed by atoms with Gasteiger partial charge in [0.25, 0.3) is 11.1 Å². The summed E-state index contributed by atoms with van der Waals surface area (Å²) in [6.07, 6.45) is -1.13. The van der Waals surface area contributed by atoms with E-state index in [4.69, 9.17) is 9.84 Å². The van der Waals surface area contributed by atoms with E-state index in [0.717, 1.165) is 38.4 Å². The first-order valence-electron chi connectivity index (χ1n) is 11.1. The molecule has 3 N–H and O–H groups in total. The summed E-state index contributed by atoms with van der Waals surface area (Å²) in [5, 5.41) is 13.7. The number of nitrogens with zero attached hydrogens (tertiary/aromatic N) is 1. The number of aliphatic carboxylic acids is 1. The van der Waals surface area contributed by atoms with Gasteiger partial charge in [0.1, 0.15) is 4.88 Å². The number of carboxylic acids is 1. The Kier molecular flexibility index (Phi) is 8.71. The first-order chi connectivity index (χ1) is 16.6. The number of amides is 2. The van der Waals surface area contributed by atoms with Crippen molar-refractivity contribution in [2.24, 2.45) is 5.92 Å². The Morgan fingerprint density at radius 3 is 2.37 bits per heavy atom. The molecule has 12 heteroatoms. The third kappa shape index (κ3) is 7.41. The van der Waals surface area contributed by atoms with Crippen LogP contribution >= 0.6 is 11.3 Å². The first kappa shape index (κ1) is 26.5. The molecule has 0 bridgehead atoms. The van der Waals surface area contributed by atoms with E-state index in [9.17, 15) is 27.6 Å². The van der Waals surface area contributed by atoms with E-state index < -0.39 is 34.5 Å². The number of aromatic nitrogens is 1. The third-order valence-electron chi connectivity index (χ3n) is 5.87. The highest BCUT2D eigenvalue weighted by Gasteiger charge is 2.40. The van der Waals surface area contributed by atoms with Crippen LogP contribution in [0.5, 0.6) is 5.19 Å². The molecule has 2 amide bonds. The van der Waals surface area contributed by atoms with Crippen LogP contribution < -0.4 is 15.4 Å². The van der Waals surface area contributed by atoms with Crippen molar-refractivity contribution in [1.82, 2.24) is 10.3 Å². The Morgan fingerprint density at radius 2 is 1.80 bits per heavy atom. The average molecular weight is 514 g/mol. The summed E-state index contributed by atoms with van der Waals surface area (Å²) in [4.78, 5) is 37.9. The van der Waals surface area contributed by atoms with E-state index >= 15 is 0 Å². The molecule has 0 radical (unpaired) electrons. The van der Waals surface area contributed by atoms with Crippen LogP contribution in [0.1, 0.15) is 65.4 Å². The van der Waals surface area contributed by atoms with Gasteiger partial charge < -0.3 is 20.5 Å². The number of alkyl halides is 3. The standard InChI is InChI=1S/C23H26F3N3O5S/c1-34-22-29-20(23(24,25)26)19(35-22)21(33)27-11-10-17(30)28-16-8-6-15(7-9-16)14-4-2-13(3-5-14)12-18(31)32/h6-9,13-14H,2-5,10-12H2,1H3,(H,27,33)(H,28,30)(H,31,32). The molecule has 35 heavy (non-hydrogen) atoms. The van der Waals surface area contributed by atoms with Crippen LogP contribution in [0, 0.1) is 5.92 Å². The number of carbonyl (C=O) groups is 3. The van der Waals surface area contributed by atoms with Crippen LogP contribution in [-0.2, 0) is 15.8 Å². The molecule has 1 aromatic carbocycles. The molecule has 1 fully saturated rings. The number of rotatable bonds is 9. The molecule has 2 aromatic rings. The van der Waals surface area contributed by atoms with Gasteiger partial charge >= 0.3 is 12.1 Å². The molecular weight excluding hydrogens is 487 g/mol. The van der Waals surface area contributed by atoms with Crippen LogP contribution in [0.4, 0.5) is 18.9 Å². The SMILES string of the molecule is COc1nc(C(F)(F)F)c(C(=O)NCCC(=O)Nc2ccc(C3CCC(CC(=O)O)CC3)cc2)s1. The minimum atomic E-state index is -4.80. The molecule has 0 unspecified atom stereocenters. The maximum absolute atomic E-state index is 13.1. The summed E-state index contributed by atoms with van der Waals surface area (Å²) in [7, 11) is 1.16. The van der Waals surface area contributed by atoms with Crippen molar-refractivity contribution in [1.29, 1.82) is 0 Å². The minimum Gasteiger partial charge on any atom is -0.481 e. The second-order valence-electron chi connectivity index (χ2n) is 8.35. The number of methoxy groups -OCH3 is 1. The summed E-state index contributed by atoms with van der Waals surface area (Å²) < 4.78 is 43.9. The molecule has 190 valence electrons. The lowest BCUT2D eigenvalue weighted by Crippen LogP contribution is -2.28. The van der Waals surface area contributed by atoms with Crippen molar-refractivity contribution in [3.63, 3.8) is 0 Å². The molecule has 0 spiro atoms. The van der Waals surface area contributed by atoms with Gasteiger partial charge in [0.2, 0.25) is 5.91 Å². The second kappa shape index (κ2) is 11.5. The zero-order valence-corrected chi connectivity index (χ0v) is 19.8. The maximum Gasteiger partial charge on any atom is 0.435 e. The smallest absolute Gasteiger partial charge is 0.435 e. The lowest BCUT2D eigenvalue weighted by atomic mass is 9.77. The van der Waals surface area contributed by atoms with Crippen LogP contribution in [0.25, 0.3) is 0 Å². The number of ether oxygens (including phenoxy) is 1. The maximum atomic E-state index is 13.1. The van der Waals surface area contributed by atoms with Crippen molar-refractivity contribution in [2.45, 2.75) is 50.6 Å². The van der Waals surface area contributed by atoms with Gasteiger partial charge in [0.15, 0.2) is 5.69 Å². The molecule has 3 rings (SSSR count). The molecule has 1 aliphatic carbocycles. The summed E-state index contributed by atoms with van der Waals surface area (Å²) in [5.74, 6) is -1.56. The van der Waals surface area contributed by atoms with Crippen molar-refractivity contribution in [3.05, 3.63) is 40.4 Å². The van der Waals surface area contributed by atoms with Crippen LogP contribution in [-0.4, -0.2) is 41.5 Å². The number of anilines is 1. The molecular formula is C23H26F3N3O5S. The minimum absolute atomic E-state index is 0.127. The summed E-state index contributed by atoms with van der Waals surface area (Å²) in [6.45, 7) is -0.153. The van der Waals surface area contributed by atoms with Gasteiger partial charge in [-0.25, -0.2) is 0 Å². The zero-order valence-electron chi connectivity index (χ0n) is 19.0. The van der Waals surface area contributed by atoms with Gasteiger partial charge in [0, 0.05) is 25.1 Å². The number of halogens is 3. The lowest BCUT2D eigenvalue weighted by molar-refractivity contribution is -0.141. The summed E-state index contributed by atoms with van der Waals surface area (Å²) in [5.41, 5.74) is 0.373. The first-order valence-corrected chi connectivity index (χ1v) is 11.9. The number of thiazole rings is 1. The van der Waals surface area contributed by atoms with Gasteiger partial charge in [-0.2, -0.15) is 18.2 Å². The number of carboxylic acid groups (broad SMARTS) is 1. The Balaban J connectivity index is 1.46. The highest BCUT2D eigenvalue weighted by molar-refractivity contribution is 7.15. The van der Waals surface area contributed by atoms with Crippen LogP contribution in [0.15, 0.2) is 24.3 Å². The quantitative estimate of drug-likeness (QED) is 0.448. The number of nitrogens with one attached hydrogen (secondary N) is 2. The Bertz CT molecular complexity index is 1050. The van der Waals surface area contributed by atoms with E-state index in [1.807, 2.05) is 12.1 Å². The van der Waals surface area contributed by atoms with E-state index in [-0.39, 0.29) is 30.5 Å². The highest BCUT2D eigenvalue weighted by Crippen LogP contribution is 2.38. The van der Waals surface area contributed by atoms with Crippen molar-refractivity contribution >= 4 is 34.8 Å². The van der Waals surface area contributed by atoms with Gasteiger partial charge in [-0.15, -0.1) is 0 Å². The topological polar surface area (TPSA) is 118 Å². The number of benzene rings is 1. The van der Waals surface area contributed by atoms with Crippen molar-refractivity contribution < 1.29 is 37.4 Å². The average Bonchev–Trinajstić information content (AvgIpc) is 3.25. The fraction of sp³-hybridized carbons (Fsp3) is 0.478. The molecule has 0 aliphatic heterocycles. The van der Waals surface area contributed by atoms with Gasteiger partial charge in [-0.3, -0.25) is 14.4 Å². The predicted octanol–water partition coefficient (Wildman–Crippen LogP) is 4.68. The molecule has 1 aliphatic rings. The monoisotopic (exact) mass is 513 g/mol. The van der Waals surface area contributed by atoms with E-state index in [1.165, 1.54) is 0 Å². The van der Waals surface area contributed by atoms with Crippen LogP contribution in [0.2, 0.25) is 0 Å². The Hall–Kier alpha value is -3.15. The summed E-state index contributed by atoms with van der Waals surface area (Å²) >= 11 is 0.479. The molecule has 8 nitrogen and oxygen atoms in total. The molecule has 1 saturated carbocycles. The van der Waals surface area contributed by atoms with Gasteiger partial charge in [-0.05, 0) is 55.2 Å². The molecule has 1 heterocycles. The fourth-order valence-corrected chi connectivity index (χ4v) is 4.93. The summed E-state index contributed by atoms with van der Waals surface area (Å²) in [6, 6.07) is 7.40. The van der Waals surface area contributed by atoms with Crippen molar-refractivity contribution in [3.8, 4) is 5.19 Å². The highest BCUT2D eigenvalue weighted by atomic mass is 32.1. The second-order valence-corrected chi connectivity index (χ2v) is 9.31. The molecule has 0 atom stereocenters. The molecule has 1 aromatic heterocycles.